The van der Waals surface area contributed by atoms with Crippen molar-refractivity contribution < 1.29 is 0 Å². The summed E-state index contributed by atoms with van der Waals surface area (Å²) < 4.78 is 0. The Hall–Kier alpha value is -1.69. The van der Waals surface area contributed by atoms with Crippen molar-refractivity contribution in [3.63, 3.8) is 0 Å². The Morgan fingerprint density at radius 3 is 2.82 bits per heavy atom. The molecule has 6 heteroatoms. The first kappa shape index (κ1) is 11.8. The van der Waals surface area contributed by atoms with Gasteiger partial charge in [0.15, 0.2) is 5.13 Å². The zero-order chi connectivity index (χ0) is 12.4. The lowest BCUT2D eigenvalue weighted by Gasteiger charge is -2.14. The van der Waals surface area contributed by atoms with Crippen LogP contribution < -0.4 is 10.9 Å². The highest BCUT2D eigenvalue weighted by Crippen LogP contribution is 2.19. The molecule has 0 aliphatic carbocycles. The van der Waals surface area contributed by atoms with Gasteiger partial charge in [-0.3, -0.25) is 4.79 Å². The molecule has 5 nitrogen and oxygen atoms in total. The average molecular weight is 250 g/mol. The van der Waals surface area contributed by atoms with E-state index in [1.165, 1.54) is 11.3 Å². The maximum Gasteiger partial charge on any atom is 0.256 e. The molecular weight excluding hydrogens is 236 g/mol. The minimum absolute atomic E-state index is 0.0912. The van der Waals surface area contributed by atoms with Crippen molar-refractivity contribution in [1.29, 1.82) is 0 Å². The topological polar surface area (TPSA) is 70.7 Å². The number of anilines is 1. The Kier molecular flexibility index (Phi) is 3.23. The SMILES string of the molecule is Cc1nc(C)c(C(C)Nc2nccs2)c(=O)[nH]1. The van der Waals surface area contributed by atoms with Gasteiger partial charge in [-0.15, -0.1) is 11.3 Å². The molecule has 0 bridgehead atoms. The molecule has 90 valence electrons. The van der Waals surface area contributed by atoms with E-state index in [9.17, 15) is 4.79 Å². The van der Waals surface area contributed by atoms with Crippen LogP contribution in [0.1, 0.15) is 30.0 Å². The maximum atomic E-state index is 11.9. The molecule has 2 aromatic heterocycles. The highest BCUT2D eigenvalue weighted by molar-refractivity contribution is 7.13. The minimum atomic E-state index is -0.113. The van der Waals surface area contributed by atoms with E-state index in [4.69, 9.17) is 0 Å². The van der Waals surface area contributed by atoms with Crippen LogP contribution >= 0.6 is 11.3 Å². The van der Waals surface area contributed by atoms with E-state index in [2.05, 4.69) is 20.3 Å². The van der Waals surface area contributed by atoms with Crippen molar-refractivity contribution in [2.45, 2.75) is 26.8 Å². The second-order valence-electron chi connectivity index (χ2n) is 3.85. The summed E-state index contributed by atoms with van der Waals surface area (Å²) in [6.45, 7) is 5.55. The molecule has 0 saturated carbocycles. The van der Waals surface area contributed by atoms with Crippen molar-refractivity contribution in [2.75, 3.05) is 5.32 Å². The number of hydrogen-bond acceptors (Lipinski definition) is 5. The highest BCUT2D eigenvalue weighted by Gasteiger charge is 2.15. The Morgan fingerprint density at radius 1 is 1.47 bits per heavy atom. The molecular formula is C11H14N4OS. The third kappa shape index (κ3) is 2.52. The summed E-state index contributed by atoms with van der Waals surface area (Å²) in [5, 5.41) is 5.88. The molecule has 17 heavy (non-hydrogen) atoms. The molecule has 2 rings (SSSR count). The lowest BCUT2D eigenvalue weighted by Crippen LogP contribution is -2.23. The van der Waals surface area contributed by atoms with Gasteiger partial charge in [0.05, 0.1) is 17.3 Å². The second-order valence-corrected chi connectivity index (χ2v) is 4.75. The molecule has 0 spiro atoms. The van der Waals surface area contributed by atoms with Gasteiger partial charge in [0.1, 0.15) is 5.82 Å². The third-order valence-electron chi connectivity index (χ3n) is 2.47. The summed E-state index contributed by atoms with van der Waals surface area (Å²) in [6, 6.07) is -0.113. The lowest BCUT2D eigenvalue weighted by atomic mass is 10.1. The zero-order valence-electron chi connectivity index (χ0n) is 9.94. The van der Waals surface area contributed by atoms with E-state index in [1.54, 1.807) is 13.1 Å². The molecule has 1 unspecified atom stereocenters. The number of aromatic nitrogens is 3. The van der Waals surface area contributed by atoms with Crippen LogP contribution in [0.2, 0.25) is 0 Å². The Labute approximate surface area is 103 Å². The van der Waals surface area contributed by atoms with Crippen LogP contribution in [-0.4, -0.2) is 15.0 Å². The smallest absolute Gasteiger partial charge is 0.256 e. The van der Waals surface area contributed by atoms with Crippen LogP contribution in [0.3, 0.4) is 0 Å². The zero-order valence-corrected chi connectivity index (χ0v) is 10.8. The second kappa shape index (κ2) is 4.67. The molecule has 0 amide bonds. The Balaban J connectivity index is 2.31. The first-order valence-corrected chi connectivity index (χ1v) is 6.19. The average Bonchev–Trinajstić information content (AvgIpc) is 2.68. The number of aromatic amines is 1. The number of nitrogens with one attached hydrogen (secondary N) is 2. The summed E-state index contributed by atoms with van der Waals surface area (Å²) in [7, 11) is 0. The van der Waals surface area contributed by atoms with E-state index >= 15 is 0 Å². The monoisotopic (exact) mass is 250 g/mol. The fraction of sp³-hybridized carbons (Fsp3) is 0.364. The van der Waals surface area contributed by atoms with Crippen LogP contribution in [0.4, 0.5) is 5.13 Å². The maximum absolute atomic E-state index is 11.9. The third-order valence-corrected chi connectivity index (χ3v) is 3.17. The fourth-order valence-electron chi connectivity index (χ4n) is 1.80. The van der Waals surface area contributed by atoms with Crippen LogP contribution in [0, 0.1) is 13.8 Å². The van der Waals surface area contributed by atoms with Gasteiger partial charge in [-0.25, -0.2) is 9.97 Å². The van der Waals surface area contributed by atoms with Crippen molar-refractivity contribution in [3.05, 3.63) is 39.0 Å². The van der Waals surface area contributed by atoms with E-state index in [0.717, 1.165) is 10.8 Å². The molecule has 2 aromatic rings. The quantitative estimate of drug-likeness (QED) is 0.874. The molecule has 2 heterocycles. The Bertz CT molecular complexity index is 561. The first-order chi connectivity index (χ1) is 8.08. The van der Waals surface area contributed by atoms with Crippen molar-refractivity contribution in [2.24, 2.45) is 0 Å². The minimum Gasteiger partial charge on any atom is -0.355 e. The summed E-state index contributed by atoms with van der Waals surface area (Å²) >= 11 is 1.51. The highest BCUT2D eigenvalue weighted by atomic mass is 32.1. The van der Waals surface area contributed by atoms with Gasteiger partial charge in [0, 0.05) is 11.6 Å². The van der Waals surface area contributed by atoms with Gasteiger partial charge in [-0.1, -0.05) is 0 Å². The fourth-order valence-corrected chi connectivity index (χ4v) is 2.41. The van der Waals surface area contributed by atoms with Crippen LogP contribution in [0.25, 0.3) is 0 Å². The van der Waals surface area contributed by atoms with E-state index in [-0.39, 0.29) is 11.6 Å². The standard InChI is InChI=1S/C11H14N4OS/c1-6-9(10(16)15-8(3)13-6)7(2)14-11-12-4-5-17-11/h4-5,7H,1-3H3,(H,12,14)(H,13,15,16). The molecule has 0 aliphatic rings. The van der Waals surface area contributed by atoms with E-state index in [1.807, 2.05) is 19.2 Å². The van der Waals surface area contributed by atoms with Crippen molar-refractivity contribution >= 4 is 16.5 Å². The van der Waals surface area contributed by atoms with Crippen LogP contribution in [0.5, 0.6) is 0 Å². The van der Waals surface area contributed by atoms with E-state index in [0.29, 0.717) is 11.4 Å². The number of rotatable bonds is 3. The summed E-state index contributed by atoms with van der Waals surface area (Å²) in [5.74, 6) is 0.637. The molecule has 0 aromatic carbocycles. The van der Waals surface area contributed by atoms with E-state index < -0.39 is 0 Å². The first-order valence-electron chi connectivity index (χ1n) is 5.31. The van der Waals surface area contributed by atoms with Gasteiger partial charge in [-0.05, 0) is 20.8 Å². The normalized spacial score (nSPS) is 12.4. The van der Waals surface area contributed by atoms with Crippen LogP contribution in [-0.2, 0) is 0 Å². The lowest BCUT2D eigenvalue weighted by molar-refractivity contribution is 0.812. The Morgan fingerprint density at radius 2 is 2.24 bits per heavy atom. The van der Waals surface area contributed by atoms with Gasteiger partial charge in [-0.2, -0.15) is 0 Å². The summed E-state index contributed by atoms with van der Waals surface area (Å²) in [5.41, 5.74) is 1.32. The summed E-state index contributed by atoms with van der Waals surface area (Å²) in [4.78, 5) is 23.0. The van der Waals surface area contributed by atoms with Gasteiger partial charge in [0.2, 0.25) is 0 Å². The number of thiazole rings is 1. The number of aryl methyl sites for hydroxylation is 2. The molecule has 0 radical (unpaired) electrons. The molecule has 2 N–H and O–H groups in total. The molecule has 0 fully saturated rings. The molecule has 0 saturated heterocycles. The number of H-pyrrole nitrogens is 1. The predicted molar refractivity (Wildman–Crippen MR) is 68.5 cm³/mol. The van der Waals surface area contributed by atoms with Crippen molar-refractivity contribution in [3.8, 4) is 0 Å². The molecule has 1 atom stereocenters. The molecule has 0 aliphatic heterocycles. The van der Waals surface area contributed by atoms with Gasteiger partial charge in [0.25, 0.3) is 5.56 Å². The number of hydrogen-bond donors (Lipinski definition) is 2. The van der Waals surface area contributed by atoms with Gasteiger partial charge < -0.3 is 10.3 Å². The predicted octanol–water partition coefficient (Wildman–Crippen LogP) is 2.02. The van der Waals surface area contributed by atoms with Gasteiger partial charge >= 0.3 is 0 Å². The largest absolute Gasteiger partial charge is 0.355 e. The summed E-state index contributed by atoms with van der Waals surface area (Å²) in [6.07, 6.45) is 1.73. The van der Waals surface area contributed by atoms with Crippen molar-refractivity contribution in [1.82, 2.24) is 15.0 Å². The number of nitrogens with zero attached hydrogens (tertiary/aromatic N) is 2. The van der Waals surface area contributed by atoms with Crippen LogP contribution in [0.15, 0.2) is 16.4 Å².